The Labute approximate surface area is 184 Å². The molecule has 3 aromatic carbocycles. The molecule has 0 saturated heterocycles. The number of sulfonamides is 1. The predicted octanol–water partition coefficient (Wildman–Crippen LogP) is 4.50. The highest BCUT2D eigenvalue weighted by Crippen LogP contribution is 2.36. The van der Waals surface area contributed by atoms with Crippen LogP contribution in [-0.4, -0.2) is 29.3 Å². The number of fused-ring (bicyclic) bond motifs is 1. The Morgan fingerprint density at radius 1 is 1.03 bits per heavy atom. The van der Waals surface area contributed by atoms with Gasteiger partial charge in [-0.1, -0.05) is 30.3 Å². The van der Waals surface area contributed by atoms with E-state index in [1.54, 1.807) is 57.3 Å². The molecule has 0 unspecified atom stereocenters. The van der Waals surface area contributed by atoms with Gasteiger partial charge in [0.2, 0.25) is 0 Å². The maximum atomic E-state index is 14.6. The lowest BCUT2D eigenvalue weighted by atomic mass is 9.95. The van der Waals surface area contributed by atoms with E-state index in [0.29, 0.717) is 33.4 Å². The van der Waals surface area contributed by atoms with E-state index in [9.17, 15) is 22.7 Å². The molecule has 164 valence electrons. The van der Waals surface area contributed by atoms with Crippen LogP contribution in [0, 0.1) is 19.7 Å². The number of aromatic nitrogens is 2. The van der Waals surface area contributed by atoms with Crippen molar-refractivity contribution in [2.45, 2.75) is 18.7 Å². The van der Waals surface area contributed by atoms with Gasteiger partial charge >= 0.3 is 5.97 Å². The van der Waals surface area contributed by atoms with Gasteiger partial charge in [0.15, 0.2) is 0 Å². The molecule has 0 radical (unpaired) electrons. The van der Waals surface area contributed by atoms with Gasteiger partial charge in [-0.2, -0.15) is 5.10 Å². The normalized spacial score (nSPS) is 11.6. The van der Waals surface area contributed by atoms with Crippen molar-refractivity contribution < 1.29 is 22.7 Å². The Balaban J connectivity index is 1.87. The number of carbonyl (C=O) groups is 1. The molecule has 4 rings (SSSR count). The smallest absolute Gasteiger partial charge is 0.335 e. The average Bonchev–Trinajstić information content (AvgIpc) is 3.00. The fourth-order valence-corrected chi connectivity index (χ4v) is 5.35. The van der Waals surface area contributed by atoms with Crippen molar-refractivity contribution in [2.24, 2.45) is 7.05 Å². The van der Waals surface area contributed by atoms with Gasteiger partial charge in [0, 0.05) is 18.0 Å². The third-order valence-corrected chi connectivity index (χ3v) is 7.00. The van der Waals surface area contributed by atoms with Crippen molar-refractivity contribution in [2.75, 3.05) is 4.72 Å². The number of anilines is 1. The highest BCUT2D eigenvalue weighted by atomic mass is 32.2. The average molecular weight is 453 g/mol. The summed E-state index contributed by atoms with van der Waals surface area (Å²) in [5, 5.41) is 14.6. The molecule has 0 bridgehead atoms. The summed E-state index contributed by atoms with van der Waals surface area (Å²) in [5.74, 6) is -1.74. The first-order valence-electron chi connectivity index (χ1n) is 9.68. The maximum absolute atomic E-state index is 14.6. The molecular formula is C23H20FN3O4S. The van der Waals surface area contributed by atoms with Crippen LogP contribution in [0.1, 0.15) is 21.7 Å². The van der Waals surface area contributed by atoms with E-state index < -0.39 is 21.8 Å². The standard InChI is InChI=1S/C23H20FN3O4S/c1-13-22(14(2)27(3)25-13)32(30,31)26-21-11-9-17(16-6-4-5-7-18(16)21)19-12-15(23(28)29)8-10-20(19)24/h4-12,26H,1-3H3,(H,28,29). The third kappa shape index (κ3) is 3.60. The molecule has 32 heavy (non-hydrogen) atoms. The Morgan fingerprint density at radius 3 is 2.34 bits per heavy atom. The van der Waals surface area contributed by atoms with Crippen molar-refractivity contribution in [3.8, 4) is 11.1 Å². The van der Waals surface area contributed by atoms with Crippen LogP contribution >= 0.6 is 0 Å². The van der Waals surface area contributed by atoms with Gasteiger partial charge in [-0.05, 0) is 49.1 Å². The number of nitrogens with zero attached hydrogens (tertiary/aromatic N) is 2. The number of hydrogen-bond acceptors (Lipinski definition) is 4. The summed E-state index contributed by atoms with van der Waals surface area (Å²) in [6.07, 6.45) is 0. The lowest BCUT2D eigenvalue weighted by Gasteiger charge is -2.15. The minimum absolute atomic E-state index is 0.0437. The summed E-state index contributed by atoms with van der Waals surface area (Å²) in [6, 6.07) is 13.6. The van der Waals surface area contributed by atoms with Crippen molar-refractivity contribution in [3.05, 3.63) is 77.4 Å². The number of benzene rings is 3. The zero-order valence-electron chi connectivity index (χ0n) is 17.5. The van der Waals surface area contributed by atoms with Gasteiger partial charge in [-0.25, -0.2) is 17.6 Å². The van der Waals surface area contributed by atoms with Crippen molar-refractivity contribution in [3.63, 3.8) is 0 Å². The zero-order chi connectivity index (χ0) is 23.2. The minimum Gasteiger partial charge on any atom is -0.478 e. The molecule has 9 heteroatoms. The van der Waals surface area contributed by atoms with Gasteiger partial charge in [0.25, 0.3) is 10.0 Å². The molecule has 0 atom stereocenters. The number of nitrogens with one attached hydrogen (secondary N) is 1. The van der Waals surface area contributed by atoms with Gasteiger partial charge < -0.3 is 5.11 Å². The van der Waals surface area contributed by atoms with E-state index in [4.69, 9.17) is 0 Å². The number of aryl methyl sites for hydroxylation is 2. The Kier molecular flexibility index (Phi) is 5.21. The molecule has 2 N–H and O–H groups in total. The maximum Gasteiger partial charge on any atom is 0.335 e. The number of hydrogen-bond donors (Lipinski definition) is 2. The number of aromatic carboxylic acids is 1. The van der Waals surface area contributed by atoms with Gasteiger partial charge in [0.05, 0.1) is 22.6 Å². The molecule has 1 heterocycles. The largest absolute Gasteiger partial charge is 0.478 e. The second-order valence-corrected chi connectivity index (χ2v) is 9.05. The SMILES string of the molecule is Cc1nn(C)c(C)c1S(=O)(=O)Nc1ccc(-c2cc(C(=O)O)ccc2F)c2ccccc12. The van der Waals surface area contributed by atoms with E-state index in [1.807, 2.05) is 0 Å². The molecule has 0 aliphatic carbocycles. The first kappa shape index (κ1) is 21.5. The van der Waals surface area contributed by atoms with Crippen LogP contribution in [0.5, 0.6) is 0 Å². The van der Waals surface area contributed by atoms with E-state index >= 15 is 0 Å². The number of halogens is 1. The lowest BCUT2D eigenvalue weighted by Crippen LogP contribution is -2.15. The fourth-order valence-electron chi connectivity index (χ4n) is 3.83. The number of carboxylic acid groups (broad SMARTS) is 1. The van der Waals surface area contributed by atoms with Crippen molar-refractivity contribution >= 4 is 32.5 Å². The molecule has 0 aliphatic rings. The Bertz CT molecular complexity index is 1490. The first-order valence-corrected chi connectivity index (χ1v) is 11.2. The number of rotatable bonds is 5. The summed E-state index contributed by atoms with van der Waals surface area (Å²) >= 11 is 0. The van der Waals surface area contributed by atoms with Crippen LogP contribution in [0.2, 0.25) is 0 Å². The molecule has 0 amide bonds. The molecule has 1 aromatic heterocycles. The lowest BCUT2D eigenvalue weighted by molar-refractivity contribution is 0.0697. The fraction of sp³-hybridized carbons (Fsp3) is 0.130. The Hall–Kier alpha value is -3.72. The monoisotopic (exact) mass is 453 g/mol. The molecule has 0 saturated carbocycles. The summed E-state index contributed by atoms with van der Waals surface area (Å²) < 4.78 is 45.0. The molecule has 7 nitrogen and oxygen atoms in total. The first-order chi connectivity index (χ1) is 15.1. The third-order valence-electron chi connectivity index (χ3n) is 5.38. The van der Waals surface area contributed by atoms with Gasteiger partial charge in [-0.15, -0.1) is 0 Å². The van der Waals surface area contributed by atoms with Crippen LogP contribution in [0.4, 0.5) is 10.1 Å². The molecule has 0 aliphatic heterocycles. The topological polar surface area (TPSA) is 101 Å². The van der Waals surface area contributed by atoms with E-state index in [1.165, 1.54) is 16.8 Å². The number of carboxylic acids is 1. The van der Waals surface area contributed by atoms with Crippen LogP contribution in [0.3, 0.4) is 0 Å². The molecule has 0 fully saturated rings. The van der Waals surface area contributed by atoms with Crippen LogP contribution in [0.25, 0.3) is 21.9 Å². The highest BCUT2D eigenvalue weighted by Gasteiger charge is 2.25. The summed E-state index contributed by atoms with van der Waals surface area (Å²) in [7, 11) is -2.26. The minimum atomic E-state index is -3.93. The quantitative estimate of drug-likeness (QED) is 0.464. The van der Waals surface area contributed by atoms with E-state index in [2.05, 4.69) is 9.82 Å². The summed E-state index contributed by atoms with van der Waals surface area (Å²) in [6.45, 7) is 3.30. The molecular weight excluding hydrogens is 433 g/mol. The van der Waals surface area contributed by atoms with Crippen molar-refractivity contribution in [1.29, 1.82) is 0 Å². The summed E-state index contributed by atoms with van der Waals surface area (Å²) in [5.41, 5.74) is 1.74. The second kappa shape index (κ2) is 7.76. The van der Waals surface area contributed by atoms with E-state index in [0.717, 1.165) is 6.07 Å². The van der Waals surface area contributed by atoms with Crippen molar-refractivity contribution in [1.82, 2.24) is 9.78 Å². The zero-order valence-corrected chi connectivity index (χ0v) is 18.4. The van der Waals surface area contributed by atoms with E-state index in [-0.39, 0.29) is 16.0 Å². The van der Waals surface area contributed by atoms with Crippen LogP contribution in [0.15, 0.2) is 59.5 Å². The van der Waals surface area contributed by atoms with Crippen LogP contribution in [-0.2, 0) is 17.1 Å². The summed E-state index contributed by atoms with van der Waals surface area (Å²) in [4.78, 5) is 11.5. The van der Waals surface area contributed by atoms with Gasteiger partial charge in [-0.3, -0.25) is 9.40 Å². The van der Waals surface area contributed by atoms with Gasteiger partial charge in [0.1, 0.15) is 10.7 Å². The Morgan fingerprint density at radius 2 is 1.72 bits per heavy atom. The van der Waals surface area contributed by atoms with Crippen LogP contribution < -0.4 is 4.72 Å². The predicted molar refractivity (Wildman–Crippen MR) is 120 cm³/mol. The molecule has 0 spiro atoms. The highest BCUT2D eigenvalue weighted by molar-refractivity contribution is 7.92. The molecule has 4 aromatic rings. The second-order valence-electron chi connectivity index (χ2n) is 7.44.